The van der Waals surface area contributed by atoms with Crippen molar-refractivity contribution >= 4 is 5.91 Å². The maximum atomic E-state index is 11.8. The van der Waals surface area contributed by atoms with E-state index in [9.17, 15) is 4.79 Å². The quantitative estimate of drug-likeness (QED) is 0.736. The Labute approximate surface area is 160 Å². The number of aromatic nitrogens is 1. The van der Waals surface area contributed by atoms with Crippen LogP contribution in [0.1, 0.15) is 30.9 Å². The molecule has 0 saturated carbocycles. The van der Waals surface area contributed by atoms with Crippen molar-refractivity contribution in [2.75, 3.05) is 20.2 Å². The highest BCUT2D eigenvalue weighted by Gasteiger charge is 2.21. The Morgan fingerprint density at radius 3 is 2.85 bits per heavy atom. The Hall–Kier alpha value is -2.60. The Morgan fingerprint density at radius 1 is 1.26 bits per heavy atom. The molecular formula is C21H27N3O3. The molecule has 6 nitrogen and oxygen atoms in total. The zero-order valence-electron chi connectivity index (χ0n) is 16.0. The van der Waals surface area contributed by atoms with E-state index in [1.165, 1.54) is 0 Å². The normalized spacial score (nSPS) is 15.0. The molecule has 1 N–H and O–H groups in total. The van der Waals surface area contributed by atoms with Gasteiger partial charge >= 0.3 is 0 Å². The molecule has 6 heteroatoms. The number of likely N-dealkylation sites (tertiary alicyclic amines) is 1. The van der Waals surface area contributed by atoms with Crippen LogP contribution in [-0.2, 0) is 17.9 Å². The van der Waals surface area contributed by atoms with Gasteiger partial charge in [-0.05, 0) is 37.1 Å². The minimum Gasteiger partial charge on any atom is -0.493 e. The van der Waals surface area contributed by atoms with Crippen molar-refractivity contribution in [3.63, 3.8) is 0 Å². The largest absolute Gasteiger partial charge is 0.493 e. The molecule has 1 aromatic carbocycles. The summed E-state index contributed by atoms with van der Waals surface area (Å²) < 4.78 is 11.3. The summed E-state index contributed by atoms with van der Waals surface area (Å²) in [5, 5.41) is 3.48. The van der Waals surface area contributed by atoms with Gasteiger partial charge in [-0.3, -0.25) is 9.78 Å². The third kappa shape index (κ3) is 5.44. The first-order valence-corrected chi connectivity index (χ1v) is 9.35. The third-order valence-corrected chi connectivity index (χ3v) is 4.67. The van der Waals surface area contributed by atoms with E-state index in [4.69, 9.17) is 9.47 Å². The van der Waals surface area contributed by atoms with E-state index in [0.717, 1.165) is 30.6 Å². The molecule has 1 aliphatic heterocycles. The van der Waals surface area contributed by atoms with Gasteiger partial charge < -0.3 is 19.7 Å². The summed E-state index contributed by atoms with van der Waals surface area (Å²) in [7, 11) is 1.64. The fraction of sp³-hybridized carbons (Fsp3) is 0.429. The first-order valence-electron chi connectivity index (χ1n) is 9.35. The molecule has 27 heavy (non-hydrogen) atoms. The number of nitrogens with one attached hydrogen (secondary N) is 1. The highest BCUT2D eigenvalue weighted by molar-refractivity contribution is 5.78. The van der Waals surface area contributed by atoms with Crippen LogP contribution in [0.15, 0.2) is 42.7 Å². The van der Waals surface area contributed by atoms with Gasteiger partial charge in [0, 0.05) is 50.1 Å². The zero-order valence-corrected chi connectivity index (χ0v) is 16.0. The van der Waals surface area contributed by atoms with Gasteiger partial charge in [-0.15, -0.1) is 0 Å². The molecule has 0 radical (unpaired) electrons. The van der Waals surface area contributed by atoms with Crippen LogP contribution in [0.25, 0.3) is 0 Å². The lowest BCUT2D eigenvalue weighted by atomic mass is 10.2. The van der Waals surface area contributed by atoms with E-state index in [0.29, 0.717) is 31.1 Å². The number of carbonyl (C=O) groups excluding carboxylic acids is 1. The summed E-state index contributed by atoms with van der Waals surface area (Å²) in [5.74, 6) is 1.68. The minimum atomic E-state index is 0.230. The molecule has 1 fully saturated rings. The number of rotatable bonds is 9. The molecule has 1 atom stereocenters. The van der Waals surface area contributed by atoms with Crippen LogP contribution in [0.3, 0.4) is 0 Å². The number of ether oxygens (including phenoxy) is 2. The van der Waals surface area contributed by atoms with Crippen LogP contribution in [0.4, 0.5) is 0 Å². The average Bonchev–Trinajstić information content (AvgIpc) is 3.10. The molecule has 2 aromatic rings. The van der Waals surface area contributed by atoms with E-state index in [1.807, 2.05) is 35.2 Å². The summed E-state index contributed by atoms with van der Waals surface area (Å²) >= 11 is 0. The van der Waals surface area contributed by atoms with Crippen LogP contribution in [0, 0.1) is 0 Å². The fourth-order valence-corrected chi connectivity index (χ4v) is 3.17. The second-order valence-electron chi connectivity index (χ2n) is 6.86. The number of benzene rings is 1. The summed E-state index contributed by atoms with van der Waals surface area (Å²) in [5.41, 5.74) is 2.11. The van der Waals surface area contributed by atoms with Gasteiger partial charge in [-0.25, -0.2) is 0 Å². The molecule has 144 valence electrons. The van der Waals surface area contributed by atoms with E-state index >= 15 is 0 Å². The number of methoxy groups -OCH3 is 1. The van der Waals surface area contributed by atoms with Crippen molar-refractivity contribution in [1.29, 1.82) is 0 Å². The molecule has 3 rings (SSSR count). The van der Waals surface area contributed by atoms with Crippen molar-refractivity contribution < 1.29 is 14.3 Å². The molecule has 0 aliphatic carbocycles. The lowest BCUT2D eigenvalue weighted by Crippen LogP contribution is -2.39. The maximum Gasteiger partial charge on any atom is 0.222 e. The third-order valence-electron chi connectivity index (χ3n) is 4.67. The molecule has 0 bridgehead atoms. The zero-order chi connectivity index (χ0) is 19.1. The monoisotopic (exact) mass is 369 g/mol. The van der Waals surface area contributed by atoms with Gasteiger partial charge in [0.2, 0.25) is 5.91 Å². The molecule has 1 amide bonds. The maximum absolute atomic E-state index is 11.8. The SMILES string of the molecule is COc1ccc(CNC(C)CN2CCCC2=O)cc1OCc1cccnc1. The average molecular weight is 369 g/mol. The van der Waals surface area contributed by atoms with E-state index in [-0.39, 0.29) is 11.9 Å². The van der Waals surface area contributed by atoms with Gasteiger partial charge in [0.25, 0.3) is 0 Å². The minimum absolute atomic E-state index is 0.230. The predicted molar refractivity (Wildman–Crippen MR) is 104 cm³/mol. The van der Waals surface area contributed by atoms with Crippen LogP contribution in [0.2, 0.25) is 0 Å². The molecule has 1 aliphatic rings. The number of carbonyl (C=O) groups is 1. The van der Waals surface area contributed by atoms with Gasteiger partial charge in [0.05, 0.1) is 7.11 Å². The van der Waals surface area contributed by atoms with E-state index in [1.54, 1.807) is 19.5 Å². The Balaban J connectivity index is 1.56. The highest BCUT2D eigenvalue weighted by atomic mass is 16.5. The van der Waals surface area contributed by atoms with Crippen molar-refractivity contribution in [3.05, 3.63) is 53.9 Å². The standard InChI is InChI=1S/C21H27N3O3/c1-16(14-24-10-4-6-21(24)25)23-13-17-7-8-19(26-2)20(11-17)27-15-18-5-3-9-22-12-18/h3,5,7-9,11-12,16,23H,4,6,10,13-15H2,1-2H3. The van der Waals surface area contributed by atoms with Crippen LogP contribution >= 0.6 is 0 Å². The summed E-state index contributed by atoms with van der Waals surface area (Å²) in [6.45, 7) is 4.87. The summed E-state index contributed by atoms with van der Waals surface area (Å²) in [4.78, 5) is 17.8. The molecule has 1 unspecified atom stereocenters. The lowest BCUT2D eigenvalue weighted by Gasteiger charge is -2.22. The number of nitrogens with zero attached hydrogens (tertiary/aromatic N) is 2. The topological polar surface area (TPSA) is 63.7 Å². The lowest BCUT2D eigenvalue weighted by molar-refractivity contribution is -0.127. The summed E-state index contributed by atoms with van der Waals surface area (Å²) in [6, 6.07) is 10.0. The van der Waals surface area contributed by atoms with Crippen LogP contribution in [-0.4, -0.2) is 42.0 Å². The van der Waals surface area contributed by atoms with Gasteiger partial charge in [0.1, 0.15) is 6.61 Å². The molecule has 0 spiro atoms. The van der Waals surface area contributed by atoms with Crippen LogP contribution < -0.4 is 14.8 Å². The number of hydrogen-bond donors (Lipinski definition) is 1. The van der Waals surface area contributed by atoms with Gasteiger partial charge in [-0.1, -0.05) is 12.1 Å². The fourth-order valence-electron chi connectivity index (χ4n) is 3.17. The van der Waals surface area contributed by atoms with Crippen molar-refractivity contribution in [3.8, 4) is 11.5 Å². The highest BCUT2D eigenvalue weighted by Crippen LogP contribution is 2.29. The summed E-state index contributed by atoms with van der Waals surface area (Å²) in [6.07, 6.45) is 5.19. The number of pyridine rings is 1. The van der Waals surface area contributed by atoms with Gasteiger partial charge in [0.15, 0.2) is 11.5 Å². The van der Waals surface area contributed by atoms with Crippen molar-refractivity contribution in [2.45, 2.75) is 39.0 Å². The van der Waals surface area contributed by atoms with E-state index < -0.39 is 0 Å². The Bertz CT molecular complexity index is 752. The first kappa shape index (κ1) is 19.2. The van der Waals surface area contributed by atoms with Crippen LogP contribution in [0.5, 0.6) is 11.5 Å². The number of hydrogen-bond acceptors (Lipinski definition) is 5. The van der Waals surface area contributed by atoms with Crippen molar-refractivity contribution in [1.82, 2.24) is 15.2 Å². The first-order chi connectivity index (χ1) is 13.2. The molecule has 2 heterocycles. The van der Waals surface area contributed by atoms with Crippen molar-refractivity contribution in [2.24, 2.45) is 0 Å². The van der Waals surface area contributed by atoms with E-state index in [2.05, 4.69) is 17.2 Å². The second kappa shape index (κ2) is 9.37. The second-order valence-corrected chi connectivity index (χ2v) is 6.86. The Morgan fingerprint density at radius 2 is 2.15 bits per heavy atom. The number of amides is 1. The predicted octanol–water partition coefficient (Wildman–Crippen LogP) is 2.77. The molecular weight excluding hydrogens is 342 g/mol. The van der Waals surface area contributed by atoms with Gasteiger partial charge in [-0.2, -0.15) is 0 Å². The smallest absolute Gasteiger partial charge is 0.222 e. The molecule has 1 saturated heterocycles. The molecule has 1 aromatic heterocycles. The Kier molecular flexibility index (Phi) is 6.65.